The summed E-state index contributed by atoms with van der Waals surface area (Å²) < 4.78 is 0. The number of hydrogen-bond donors (Lipinski definition) is 0. The van der Waals surface area contributed by atoms with E-state index in [0.29, 0.717) is 6.42 Å². The van der Waals surface area contributed by atoms with Crippen LogP contribution in [0.15, 0.2) is 72.8 Å². The molecule has 1 nitrogen and oxygen atoms in total. The molecular weight excluding hydrogens is 280 g/mol. The van der Waals surface area contributed by atoms with Gasteiger partial charge >= 0.3 is 0 Å². The highest BCUT2D eigenvalue weighted by Gasteiger charge is 2.14. The number of fused-ring (bicyclic) bond motifs is 1. The first-order valence-electron chi connectivity index (χ1n) is 7.78. The molecule has 0 saturated heterocycles. The van der Waals surface area contributed by atoms with Gasteiger partial charge in [-0.25, -0.2) is 0 Å². The second-order valence-corrected chi connectivity index (χ2v) is 5.66. The molecule has 3 aromatic carbocycles. The Labute approximate surface area is 137 Å². The normalized spacial score (nSPS) is 11.5. The molecule has 0 aliphatic rings. The number of carbonyl (C=O) groups is 1. The second-order valence-electron chi connectivity index (χ2n) is 5.66. The number of hydrogen-bond acceptors (Lipinski definition) is 1. The van der Waals surface area contributed by atoms with Gasteiger partial charge in [-0.1, -0.05) is 72.5 Å². The summed E-state index contributed by atoms with van der Waals surface area (Å²) in [6.07, 6.45) is 0.438. The van der Waals surface area contributed by atoms with E-state index in [1.54, 1.807) is 6.92 Å². The molecule has 1 unspecified atom stereocenters. The minimum Gasteiger partial charge on any atom is -0.300 e. The van der Waals surface area contributed by atoms with Crippen molar-refractivity contribution in [3.8, 4) is 11.8 Å². The van der Waals surface area contributed by atoms with Crippen LogP contribution < -0.4 is 0 Å². The molecule has 0 spiro atoms. The molecule has 0 aliphatic heterocycles. The third-order valence-electron chi connectivity index (χ3n) is 3.85. The summed E-state index contributed by atoms with van der Waals surface area (Å²) in [5.41, 5.74) is 2.10. The van der Waals surface area contributed by atoms with Gasteiger partial charge in [0.1, 0.15) is 5.78 Å². The smallest absolute Gasteiger partial charge is 0.131 e. The quantitative estimate of drug-likeness (QED) is 0.625. The summed E-state index contributed by atoms with van der Waals surface area (Å²) in [4.78, 5) is 11.7. The lowest BCUT2D eigenvalue weighted by molar-refractivity contribution is -0.117. The monoisotopic (exact) mass is 298 g/mol. The fraction of sp³-hybridized carbons (Fsp3) is 0.136. The van der Waals surface area contributed by atoms with Crippen LogP contribution in [0.25, 0.3) is 10.8 Å². The minimum atomic E-state index is -0.0844. The molecule has 0 amide bonds. The highest BCUT2D eigenvalue weighted by molar-refractivity contribution is 5.87. The number of rotatable bonds is 3. The van der Waals surface area contributed by atoms with Crippen molar-refractivity contribution in [2.24, 2.45) is 0 Å². The predicted molar refractivity (Wildman–Crippen MR) is 95.3 cm³/mol. The lowest BCUT2D eigenvalue weighted by Crippen LogP contribution is -2.03. The molecule has 112 valence electrons. The van der Waals surface area contributed by atoms with E-state index in [1.165, 1.54) is 10.8 Å². The molecule has 0 radical (unpaired) electrons. The van der Waals surface area contributed by atoms with Crippen LogP contribution in [0.3, 0.4) is 0 Å². The zero-order valence-electron chi connectivity index (χ0n) is 13.1. The molecule has 0 aromatic heterocycles. The van der Waals surface area contributed by atoms with Gasteiger partial charge in [-0.3, -0.25) is 4.79 Å². The molecule has 0 N–H and O–H groups in total. The van der Waals surface area contributed by atoms with Gasteiger partial charge in [0.2, 0.25) is 0 Å². The molecule has 0 fully saturated rings. The van der Waals surface area contributed by atoms with E-state index < -0.39 is 0 Å². The van der Waals surface area contributed by atoms with Gasteiger partial charge in [0.15, 0.2) is 0 Å². The molecule has 1 atom stereocenters. The van der Waals surface area contributed by atoms with Crippen molar-refractivity contribution in [2.75, 3.05) is 0 Å². The van der Waals surface area contributed by atoms with Gasteiger partial charge in [-0.15, -0.1) is 0 Å². The maximum Gasteiger partial charge on any atom is 0.131 e. The van der Waals surface area contributed by atoms with Crippen LogP contribution in [0.4, 0.5) is 0 Å². The lowest BCUT2D eigenvalue weighted by atomic mass is 9.90. The maximum absolute atomic E-state index is 11.7. The Morgan fingerprint density at radius 1 is 0.913 bits per heavy atom. The van der Waals surface area contributed by atoms with E-state index in [-0.39, 0.29) is 11.7 Å². The third kappa shape index (κ3) is 3.67. The summed E-state index contributed by atoms with van der Waals surface area (Å²) in [6.45, 7) is 1.63. The highest BCUT2D eigenvalue weighted by atomic mass is 16.1. The van der Waals surface area contributed by atoms with E-state index in [4.69, 9.17) is 0 Å². The minimum absolute atomic E-state index is 0.0844. The molecule has 3 aromatic rings. The Morgan fingerprint density at radius 2 is 1.61 bits per heavy atom. The molecule has 0 bridgehead atoms. The number of carbonyl (C=O) groups excluding carboxylic acids is 1. The van der Waals surface area contributed by atoms with Crippen molar-refractivity contribution in [1.82, 2.24) is 0 Å². The Bertz CT molecular complexity index is 876. The molecule has 1 heteroatoms. The van der Waals surface area contributed by atoms with Gasteiger partial charge < -0.3 is 0 Å². The Hall–Kier alpha value is -2.85. The fourth-order valence-electron chi connectivity index (χ4n) is 2.77. The Morgan fingerprint density at radius 3 is 2.39 bits per heavy atom. The van der Waals surface area contributed by atoms with Gasteiger partial charge in [-0.2, -0.15) is 0 Å². The largest absolute Gasteiger partial charge is 0.300 e. The first-order chi connectivity index (χ1) is 11.2. The molecule has 23 heavy (non-hydrogen) atoms. The van der Waals surface area contributed by atoms with Crippen LogP contribution in [0.2, 0.25) is 0 Å². The van der Waals surface area contributed by atoms with E-state index in [2.05, 4.69) is 36.1 Å². The van der Waals surface area contributed by atoms with Crippen molar-refractivity contribution in [3.05, 3.63) is 83.9 Å². The predicted octanol–water partition coefficient (Wildman–Crippen LogP) is 4.95. The molecule has 0 aliphatic carbocycles. The summed E-state index contributed by atoms with van der Waals surface area (Å²) >= 11 is 0. The van der Waals surface area contributed by atoms with Crippen LogP contribution in [0.1, 0.15) is 30.4 Å². The Kier molecular flexibility index (Phi) is 4.54. The zero-order valence-corrected chi connectivity index (χ0v) is 13.1. The van der Waals surface area contributed by atoms with E-state index in [1.807, 2.05) is 48.5 Å². The molecule has 0 saturated carbocycles. The third-order valence-corrected chi connectivity index (χ3v) is 3.85. The van der Waals surface area contributed by atoms with E-state index >= 15 is 0 Å². The topological polar surface area (TPSA) is 17.1 Å². The van der Waals surface area contributed by atoms with Crippen molar-refractivity contribution in [1.29, 1.82) is 0 Å². The van der Waals surface area contributed by atoms with Gasteiger partial charge in [-0.05, 0) is 35.4 Å². The number of benzene rings is 3. The van der Waals surface area contributed by atoms with Gasteiger partial charge in [0.25, 0.3) is 0 Å². The summed E-state index contributed by atoms with van der Waals surface area (Å²) in [5, 5.41) is 2.35. The van der Waals surface area contributed by atoms with Crippen LogP contribution >= 0.6 is 0 Å². The zero-order chi connectivity index (χ0) is 16.1. The maximum atomic E-state index is 11.7. The standard InChI is InChI=1S/C22H18O/c1-17(23)16-20(15-14-18-8-3-2-4-9-18)22-13-7-11-19-10-5-6-12-21(19)22/h2-13,20H,16H2,1H3. The van der Waals surface area contributed by atoms with Crippen molar-refractivity contribution < 1.29 is 4.79 Å². The summed E-state index contributed by atoms with van der Waals surface area (Å²) in [5.74, 6) is 6.59. The Balaban J connectivity index is 2.05. The molecular formula is C22H18O. The van der Waals surface area contributed by atoms with Crippen LogP contribution in [0, 0.1) is 11.8 Å². The second kappa shape index (κ2) is 6.94. The summed E-state index contributed by atoms with van der Waals surface area (Å²) in [7, 11) is 0. The number of Topliss-reactive ketones (excluding diaryl/α,β-unsaturated/α-hetero) is 1. The summed E-state index contributed by atoms with van der Waals surface area (Å²) in [6, 6.07) is 24.4. The average molecular weight is 298 g/mol. The van der Waals surface area contributed by atoms with Crippen molar-refractivity contribution in [3.63, 3.8) is 0 Å². The van der Waals surface area contributed by atoms with Gasteiger partial charge in [0.05, 0.1) is 5.92 Å². The van der Waals surface area contributed by atoms with E-state index in [9.17, 15) is 4.79 Å². The first kappa shape index (κ1) is 15.1. The highest BCUT2D eigenvalue weighted by Crippen LogP contribution is 2.28. The fourth-order valence-corrected chi connectivity index (χ4v) is 2.77. The molecule has 0 heterocycles. The average Bonchev–Trinajstić information content (AvgIpc) is 2.59. The molecule has 3 rings (SSSR count). The van der Waals surface area contributed by atoms with E-state index in [0.717, 1.165) is 11.1 Å². The van der Waals surface area contributed by atoms with Crippen LogP contribution in [0.5, 0.6) is 0 Å². The first-order valence-corrected chi connectivity index (χ1v) is 7.78. The van der Waals surface area contributed by atoms with Crippen LogP contribution in [-0.4, -0.2) is 5.78 Å². The van der Waals surface area contributed by atoms with Crippen LogP contribution in [-0.2, 0) is 4.79 Å². The SMILES string of the molecule is CC(=O)CC(C#Cc1ccccc1)c1cccc2ccccc12. The lowest BCUT2D eigenvalue weighted by Gasteiger charge is -2.12. The number of ketones is 1. The van der Waals surface area contributed by atoms with Gasteiger partial charge in [0, 0.05) is 12.0 Å². The van der Waals surface area contributed by atoms with Crippen molar-refractivity contribution in [2.45, 2.75) is 19.3 Å². The van der Waals surface area contributed by atoms with Crippen molar-refractivity contribution >= 4 is 16.6 Å².